The third-order valence-corrected chi connectivity index (χ3v) is 10.6. The summed E-state index contributed by atoms with van der Waals surface area (Å²) in [7, 11) is 1.89. The Kier molecular flexibility index (Phi) is 47.9. The molecule has 0 aliphatic rings. The molecule has 0 radical (unpaired) electrons. The number of methoxy groups -OCH3 is 1. The molecule has 0 aromatic rings. The lowest BCUT2D eigenvalue weighted by atomic mass is 10.0. The van der Waals surface area contributed by atoms with Gasteiger partial charge in [0.2, 0.25) is 0 Å². The van der Waals surface area contributed by atoms with Gasteiger partial charge in [0.1, 0.15) is 6.10 Å². The lowest BCUT2D eigenvalue weighted by molar-refractivity contribution is -0.148. The van der Waals surface area contributed by atoms with Crippen molar-refractivity contribution in [3.8, 4) is 0 Å². The molecule has 0 rings (SSSR count). The quantitative estimate of drug-likeness (QED) is 0.0383. The van der Waals surface area contributed by atoms with E-state index < -0.39 is 0 Å². The number of carbonyl (C=O) groups excluding carboxylic acids is 1. The Morgan fingerprint density at radius 2 is 1.04 bits per heavy atom. The number of hydrogen-bond donors (Lipinski definition) is 1. The molecule has 0 saturated carbocycles. The molecule has 1 N–H and O–H groups in total. The van der Waals surface area contributed by atoms with E-state index in [2.05, 4.69) is 38.0 Å². The third kappa shape index (κ3) is 45.2. The number of unbranched alkanes of at least 4 members (excludes halogenated alkanes) is 25. The van der Waals surface area contributed by atoms with Gasteiger partial charge >= 0.3 is 5.97 Å². The van der Waals surface area contributed by atoms with E-state index in [0.29, 0.717) is 19.1 Å². The van der Waals surface area contributed by atoms with Crippen molar-refractivity contribution in [3.63, 3.8) is 0 Å². The molecular weight excluding hydrogens is 655 g/mol. The smallest absolute Gasteiger partial charge is 0.306 e. The summed E-state index contributed by atoms with van der Waals surface area (Å²) in [5.41, 5.74) is 2.82. The Balaban J connectivity index is 0. The van der Waals surface area contributed by atoms with Crippen LogP contribution in [0.4, 0.5) is 0 Å². The van der Waals surface area contributed by atoms with Gasteiger partial charge in [-0.25, -0.2) is 0 Å². The van der Waals surface area contributed by atoms with Crippen LogP contribution in [0.1, 0.15) is 240 Å². The van der Waals surface area contributed by atoms with Crippen molar-refractivity contribution in [1.29, 1.82) is 0 Å². The molecule has 0 heterocycles. The zero-order valence-corrected chi connectivity index (χ0v) is 36.7. The van der Waals surface area contributed by atoms with Gasteiger partial charge in [0.25, 0.3) is 0 Å². The van der Waals surface area contributed by atoms with Gasteiger partial charge in [-0.15, -0.1) is 5.73 Å². The topological polar surface area (TPSA) is 59.0 Å². The summed E-state index contributed by atoms with van der Waals surface area (Å²) in [6, 6.07) is 0. The molecule has 0 aromatic carbocycles. The molecule has 5 heteroatoms. The zero-order chi connectivity index (χ0) is 39.3. The van der Waals surface area contributed by atoms with E-state index in [1.54, 1.807) is 0 Å². The fraction of sp³-hybridized carbons (Fsp3) is 0.917. The van der Waals surface area contributed by atoms with E-state index >= 15 is 0 Å². The Morgan fingerprint density at radius 3 is 1.49 bits per heavy atom. The molecule has 0 aliphatic carbocycles. The van der Waals surface area contributed by atoms with Crippen molar-refractivity contribution < 1.29 is 19.4 Å². The fourth-order valence-corrected chi connectivity index (χ4v) is 7.02. The first-order chi connectivity index (χ1) is 26.0. The standard InChI is InChI=1S/C30H57NO3.C18H38O/c1-4-6-8-10-12-14-15-16-17-19-21-23-30(33)34-29(3)24-26-31(27-28-32)25-22-20-18-13-11-9-7-5-2;1-4-6-8-10-12-14-16-18(19-3)17-15-13-11-9-7-5-2/h7,29,32H,2,4,6,8-28H2,1,3H3;18H,4-17H2,1-3H3. The van der Waals surface area contributed by atoms with Crippen LogP contribution in [0.2, 0.25) is 0 Å². The Labute approximate surface area is 332 Å². The molecule has 0 saturated heterocycles. The van der Waals surface area contributed by atoms with E-state index in [4.69, 9.17) is 9.47 Å². The van der Waals surface area contributed by atoms with Crippen LogP contribution in [-0.2, 0) is 14.3 Å². The minimum absolute atomic E-state index is 0.0524. The molecule has 0 aromatic heterocycles. The van der Waals surface area contributed by atoms with Crippen LogP contribution in [0, 0.1) is 0 Å². The third-order valence-electron chi connectivity index (χ3n) is 10.6. The average Bonchev–Trinajstić information content (AvgIpc) is 3.16. The second kappa shape index (κ2) is 47.0. The number of nitrogens with zero attached hydrogens (tertiary/aromatic N) is 1. The van der Waals surface area contributed by atoms with Crippen molar-refractivity contribution in [3.05, 3.63) is 18.4 Å². The minimum atomic E-state index is -0.0562. The van der Waals surface area contributed by atoms with E-state index in [0.717, 1.165) is 45.2 Å². The molecular formula is C48H95NO4. The molecule has 53 heavy (non-hydrogen) atoms. The number of hydrogen-bond acceptors (Lipinski definition) is 5. The summed E-state index contributed by atoms with van der Waals surface area (Å²) in [5, 5.41) is 9.36. The molecule has 1 unspecified atom stereocenters. The highest BCUT2D eigenvalue weighted by atomic mass is 16.5. The van der Waals surface area contributed by atoms with Crippen molar-refractivity contribution in [2.75, 3.05) is 33.4 Å². The van der Waals surface area contributed by atoms with E-state index in [9.17, 15) is 9.90 Å². The Bertz CT molecular complexity index is 736. The van der Waals surface area contributed by atoms with Crippen LogP contribution in [-0.4, -0.2) is 61.5 Å². The van der Waals surface area contributed by atoms with E-state index in [1.165, 1.54) is 173 Å². The fourth-order valence-electron chi connectivity index (χ4n) is 7.02. The van der Waals surface area contributed by atoms with Gasteiger partial charge in [0, 0.05) is 26.6 Å². The van der Waals surface area contributed by atoms with Crippen molar-refractivity contribution in [2.45, 2.75) is 252 Å². The lowest BCUT2D eigenvalue weighted by Gasteiger charge is -2.23. The molecule has 316 valence electrons. The van der Waals surface area contributed by atoms with Crippen LogP contribution < -0.4 is 0 Å². The SMILES string of the molecule is C=C=CCCCCCCCN(CCO)CCC(C)OC(=O)CCCCCCCCCCCCC.CCCCCCCCC(CCCCCCCC)OC. The van der Waals surface area contributed by atoms with Gasteiger partial charge in [-0.1, -0.05) is 188 Å². The van der Waals surface area contributed by atoms with Crippen molar-refractivity contribution in [1.82, 2.24) is 4.90 Å². The number of ether oxygens (including phenoxy) is 2. The minimum Gasteiger partial charge on any atom is -0.463 e. The number of aliphatic hydroxyl groups excluding tert-OH is 1. The second-order valence-corrected chi connectivity index (χ2v) is 15.9. The normalized spacial score (nSPS) is 11.8. The van der Waals surface area contributed by atoms with Crippen LogP contribution in [0.25, 0.3) is 0 Å². The van der Waals surface area contributed by atoms with Crippen molar-refractivity contribution in [2.24, 2.45) is 0 Å². The summed E-state index contributed by atoms with van der Waals surface area (Å²) < 4.78 is 11.2. The summed E-state index contributed by atoms with van der Waals surface area (Å²) in [5.74, 6) is -0.0524. The van der Waals surface area contributed by atoms with Gasteiger partial charge in [0.05, 0.1) is 12.7 Å². The largest absolute Gasteiger partial charge is 0.463 e. The van der Waals surface area contributed by atoms with E-state index in [-0.39, 0.29) is 18.7 Å². The zero-order valence-electron chi connectivity index (χ0n) is 36.7. The first-order valence-electron chi connectivity index (χ1n) is 23.4. The van der Waals surface area contributed by atoms with Crippen LogP contribution in [0.15, 0.2) is 18.4 Å². The highest BCUT2D eigenvalue weighted by Gasteiger charge is 2.12. The van der Waals surface area contributed by atoms with Crippen LogP contribution >= 0.6 is 0 Å². The molecule has 0 amide bonds. The first kappa shape index (κ1) is 54.0. The maximum Gasteiger partial charge on any atom is 0.306 e. The molecule has 0 bridgehead atoms. The lowest BCUT2D eigenvalue weighted by Crippen LogP contribution is -2.31. The molecule has 0 spiro atoms. The molecule has 0 aliphatic heterocycles. The monoisotopic (exact) mass is 750 g/mol. The predicted molar refractivity (Wildman–Crippen MR) is 233 cm³/mol. The Morgan fingerprint density at radius 1 is 0.604 bits per heavy atom. The molecule has 5 nitrogen and oxygen atoms in total. The number of aliphatic hydroxyl groups is 1. The average molecular weight is 750 g/mol. The number of esters is 1. The maximum absolute atomic E-state index is 12.1. The summed E-state index contributed by atoms with van der Waals surface area (Å²) >= 11 is 0. The van der Waals surface area contributed by atoms with Crippen LogP contribution in [0.5, 0.6) is 0 Å². The molecule has 0 fully saturated rings. The van der Waals surface area contributed by atoms with Gasteiger partial charge < -0.3 is 19.5 Å². The van der Waals surface area contributed by atoms with Gasteiger partial charge in [0.15, 0.2) is 0 Å². The van der Waals surface area contributed by atoms with Crippen molar-refractivity contribution >= 4 is 5.97 Å². The second-order valence-electron chi connectivity index (χ2n) is 15.9. The summed E-state index contributed by atoms with van der Waals surface area (Å²) in [4.78, 5) is 14.4. The van der Waals surface area contributed by atoms with E-state index in [1.807, 2.05) is 20.1 Å². The summed E-state index contributed by atoms with van der Waals surface area (Å²) in [6.45, 7) is 15.2. The van der Waals surface area contributed by atoms with Gasteiger partial charge in [-0.05, 0) is 64.5 Å². The van der Waals surface area contributed by atoms with Gasteiger partial charge in [-0.2, -0.15) is 0 Å². The summed E-state index contributed by atoms with van der Waals surface area (Å²) in [6.07, 6.45) is 44.5. The number of rotatable bonds is 41. The number of carbonyl (C=O) groups is 1. The maximum atomic E-state index is 12.1. The number of allylic oxidation sites excluding steroid dienone is 1. The van der Waals surface area contributed by atoms with Gasteiger partial charge in [-0.3, -0.25) is 4.79 Å². The van der Waals surface area contributed by atoms with Crippen LogP contribution in [0.3, 0.4) is 0 Å². The highest BCUT2D eigenvalue weighted by molar-refractivity contribution is 5.69. The predicted octanol–water partition coefficient (Wildman–Crippen LogP) is 14.5. The highest BCUT2D eigenvalue weighted by Crippen LogP contribution is 2.17. The molecule has 1 atom stereocenters. The Hall–Kier alpha value is -1.13. The first-order valence-corrected chi connectivity index (χ1v) is 23.4.